The van der Waals surface area contributed by atoms with Crippen LogP contribution in [0.5, 0.6) is 0 Å². The fraction of sp³-hybridized carbons (Fsp3) is 0.391. The van der Waals surface area contributed by atoms with Crippen LogP contribution in [0.4, 0.5) is 32.3 Å². The summed E-state index contributed by atoms with van der Waals surface area (Å²) in [6.07, 6.45) is 4.00. The molecule has 0 aliphatic heterocycles. The number of nitrogens with one attached hydrogen (secondary N) is 4. The Bertz CT molecular complexity index is 844. The van der Waals surface area contributed by atoms with E-state index in [-0.39, 0.29) is 17.7 Å². The van der Waals surface area contributed by atoms with Gasteiger partial charge in [0.2, 0.25) is 0 Å². The summed E-state index contributed by atoms with van der Waals surface area (Å²) in [6.45, 7) is 5.45. The Labute approximate surface area is 200 Å². The van der Waals surface area contributed by atoms with Crippen molar-refractivity contribution in [3.63, 3.8) is 0 Å². The molecular formula is C23H36N6O5. The van der Waals surface area contributed by atoms with E-state index in [1.54, 1.807) is 24.3 Å². The van der Waals surface area contributed by atoms with E-state index >= 15 is 0 Å². The van der Waals surface area contributed by atoms with Gasteiger partial charge in [0.15, 0.2) is 0 Å². The lowest BCUT2D eigenvalue weighted by atomic mass is 10.3. The average molecular weight is 477 g/mol. The van der Waals surface area contributed by atoms with Crippen molar-refractivity contribution in [2.24, 2.45) is 0 Å². The van der Waals surface area contributed by atoms with E-state index in [2.05, 4.69) is 28.2 Å². The van der Waals surface area contributed by atoms with Crippen LogP contribution in [0.25, 0.3) is 0 Å². The van der Waals surface area contributed by atoms with Crippen LogP contribution in [0.1, 0.15) is 39.5 Å². The normalized spacial score (nSPS) is 9.29. The molecule has 0 aliphatic rings. The highest BCUT2D eigenvalue weighted by molar-refractivity contribution is 5.89. The minimum absolute atomic E-state index is 0.00180. The van der Waals surface area contributed by atoms with Crippen LogP contribution in [-0.4, -0.2) is 42.3 Å². The summed E-state index contributed by atoms with van der Waals surface area (Å²) >= 11 is 0. The molecule has 188 valence electrons. The first-order valence-electron chi connectivity index (χ1n) is 11.0. The van der Waals surface area contributed by atoms with Gasteiger partial charge in [0, 0.05) is 49.4 Å². The molecule has 0 radical (unpaired) electrons. The third kappa shape index (κ3) is 14.2. The number of amides is 4. The number of rotatable bonds is 9. The monoisotopic (exact) mass is 476 g/mol. The fourth-order valence-corrected chi connectivity index (χ4v) is 2.34. The van der Waals surface area contributed by atoms with Crippen molar-refractivity contribution in [3.8, 4) is 0 Å². The summed E-state index contributed by atoms with van der Waals surface area (Å²) < 4.78 is 0. The lowest BCUT2D eigenvalue weighted by Crippen LogP contribution is -2.29. The average Bonchev–Trinajstić information content (AvgIpc) is 2.83. The number of nitro groups is 1. The summed E-state index contributed by atoms with van der Waals surface area (Å²) in [5.74, 6) is 0. The van der Waals surface area contributed by atoms with E-state index in [1.165, 1.54) is 24.3 Å². The molecule has 0 atom stereocenters. The van der Waals surface area contributed by atoms with Gasteiger partial charge in [-0.1, -0.05) is 26.7 Å². The molecule has 0 saturated carbocycles. The maximum Gasteiger partial charge on any atom is 0.319 e. The number of nitrogen functional groups attached to an aromatic ring is 1. The molecule has 0 bridgehead atoms. The Balaban J connectivity index is 0.000000601. The maximum absolute atomic E-state index is 11.3. The molecule has 0 fully saturated rings. The highest BCUT2D eigenvalue weighted by Crippen LogP contribution is 2.15. The predicted octanol–water partition coefficient (Wildman–Crippen LogP) is 4.32. The number of benzene rings is 2. The zero-order chi connectivity index (χ0) is 25.8. The van der Waals surface area contributed by atoms with Gasteiger partial charge in [0.05, 0.1) is 4.92 Å². The molecule has 0 unspecified atom stereocenters. The number of hydrogen-bond donors (Lipinski definition) is 6. The van der Waals surface area contributed by atoms with Gasteiger partial charge in [-0.2, -0.15) is 0 Å². The van der Waals surface area contributed by atoms with E-state index < -0.39 is 4.92 Å². The lowest BCUT2D eigenvalue weighted by molar-refractivity contribution is -0.384. The summed E-state index contributed by atoms with van der Waals surface area (Å²) in [6, 6.07) is 12.3. The van der Waals surface area contributed by atoms with Gasteiger partial charge in [0.25, 0.3) is 5.69 Å². The number of nitrogens with two attached hydrogens (primary N) is 1. The van der Waals surface area contributed by atoms with Crippen molar-refractivity contribution in [2.45, 2.75) is 39.5 Å². The van der Waals surface area contributed by atoms with E-state index in [1.807, 2.05) is 6.92 Å². The summed E-state index contributed by atoms with van der Waals surface area (Å²) in [5.41, 5.74) is 7.50. The number of carbonyl (C=O) groups is 2. The summed E-state index contributed by atoms with van der Waals surface area (Å²) in [5, 5.41) is 28.2. The zero-order valence-corrected chi connectivity index (χ0v) is 20.0. The molecule has 2 rings (SSSR count). The highest BCUT2D eigenvalue weighted by Gasteiger charge is 2.05. The van der Waals surface area contributed by atoms with Gasteiger partial charge in [-0.25, -0.2) is 9.59 Å². The predicted molar refractivity (Wildman–Crippen MR) is 136 cm³/mol. The Morgan fingerprint density at radius 1 is 0.824 bits per heavy atom. The molecule has 0 saturated heterocycles. The number of nitrogens with zero attached hydrogens (tertiary/aromatic N) is 1. The van der Waals surface area contributed by atoms with Gasteiger partial charge in [-0.05, 0) is 49.2 Å². The molecule has 0 spiro atoms. The number of non-ortho nitro benzene ring substituents is 1. The largest absolute Gasteiger partial charge is 0.400 e. The van der Waals surface area contributed by atoms with E-state index in [9.17, 15) is 19.7 Å². The van der Waals surface area contributed by atoms with Crippen LogP contribution in [0.3, 0.4) is 0 Å². The maximum atomic E-state index is 11.3. The lowest BCUT2D eigenvalue weighted by Gasteiger charge is -2.06. The Morgan fingerprint density at radius 3 is 1.56 bits per heavy atom. The molecule has 11 nitrogen and oxygen atoms in total. The van der Waals surface area contributed by atoms with Crippen LogP contribution in [-0.2, 0) is 0 Å². The standard InChI is InChI=1S/C11H15N3O3.C11H17N3O.CH4O/c1-2-3-8-12-11(15)13-9-4-6-10(7-5-9)14(16)17;1-2-3-8-13-11(15)14-10-6-4-9(12)5-7-10;1-2/h4-7H,2-3,8H2,1H3,(H2,12,13,15);4-7H,2-3,8,12H2,1H3,(H2,13,14,15);2H,1H3. The molecule has 0 aliphatic carbocycles. The minimum Gasteiger partial charge on any atom is -0.400 e. The third-order valence-corrected chi connectivity index (χ3v) is 4.14. The molecule has 11 heteroatoms. The van der Waals surface area contributed by atoms with Gasteiger partial charge >= 0.3 is 12.1 Å². The summed E-state index contributed by atoms with van der Waals surface area (Å²) in [4.78, 5) is 32.6. The van der Waals surface area contributed by atoms with E-state index in [0.29, 0.717) is 24.5 Å². The van der Waals surface area contributed by atoms with Crippen LogP contribution < -0.4 is 27.0 Å². The molecule has 0 aromatic heterocycles. The van der Waals surface area contributed by atoms with Crippen molar-refractivity contribution in [2.75, 3.05) is 36.6 Å². The molecule has 2 aromatic rings. The smallest absolute Gasteiger partial charge is 0.319 e. The number of aliphatic hydroxyl groups excluding tert-OH is 1. The van der Waals surface area contributed by atoms with E-state index in [4.69, 9.17) is 10.8 Å². The number of hydrogen-bond acceptors (Lipinski definition) is 6. The van der Waals surface area contributed by atoms with E-state index in [0.717, 1.165) is 38.5 Å². The molecular weight excluding hydrogens is 440 g/mol. The number of anilines is 3. The highest BCUT2D eigenvalue weighted by atomic mass is 16.6. The number of carbonyl (C=O) groups excluding carboxylic acids is 2. The van der Waals surface area contributed by atoms with Gasteiger partial charge in [-0.15, -0.1) is 0 Å². The van der Waals surface area contributed by atoms with Crippen LogP contribution >= 0.6 is 0 Å². The molecule has 0 heterocycles. The second kappa shape index (κ2) is 18.7. The number of urea groups is 2. The van der Waals surface area contributed by atoms with Crippen LogP contribution in [0.15, 0.2) is 48.5 Å². The third-order valence-electron chi connectivity index (χ3n) is 4.14. The number of aliphatic hydroxyl groups is 1. The van der Waals surface area contributed by atoms with Crippen LogP contribution in [0.2, 0.25) is 0 Å². The quantitative estimate of drug-likeness (QED) is 0.136. The second-order valence-corrected chi connectivity index (χ2v) is 6.89. The fourth-order valence-electron chi connectivity index (χ4n) is 2.34. The van der Waals surface area contributed by atoms with Gasteiger partial charge in [0.1, 0.15) is 0 Å². The molecule has 34 heavy (non-hydrogen) atoms. The summed E-state index contributed by atoms with van der Waals surface area (Å²) in [7, 11) is 1.00. The van der Waals surface area contributed by atoms with Gasteiger partial charge in [-0.3, -0.25) is 10.1 Å². The minimum atomic E-state index is -0.481. The first-order valence-corrected chi connectivity index (χ1v) is 11.0. The SMILES string of the molecule is CCCCNC(=O)Nc1ccc(N)cc1.CCCCNC(=O)Nc1ccc([N+](=O)[O-])cc1.CO. The Hall–Kier alpha value is -3.86. The Kier molecular flexibility index (Phi) is 16.6. The molecule has 7 N–H and O–H groups in total. The Morgan fingerprint density at radius 2 is 1.21 bits per heavy atom. The van der Waals surface area contributed by atoms with Crippen molar-refractivity contribution in [1.82, 2.24) is 10.6 Å². The zero-order valence-electron chi connectivity index (χ0n) is 20.0. The topological polar surface area (TPSA) is 172 Å². The van der Waals surface area contributed by atoms with Gasteiger partial charge < -0.3 is 32.1 Å². The van der Waals surface area contributed by atoms with Crippen molar-refractivity contribution < 1.29 is 19.6 Å². The van der Waals surface area contributed by atoms with Crippen molar-refractivity contribution in [3.05, 3.63) is 58.6 Å². The second-order valence-electron chi connectivity index (χ2n) is 6.89. The van der Waals surface area contributed by atoms with Crippen LogP contribution in [0, 0.1) is 10.1 Å². The van der Waals surface area contributed by atoms with Crippen molar-refractivity contribution >= 4 is 34.8 Å². The first-order chi connectivity index (χ1) is 16.3. The molecule has 2 aromatic carbocycles. The number of nitro benzene ring substituents is 1. The first kappa shape index (κ1) is 30.1. The van der Waals surface area contributed by atoms with Crippen molar-refractivity contribution in [1.29, 1.82) is 0 Å². The molecule has 4 amide bonds. The number of unbranched alkanes of at least 4 members (excludes halogenated alkanes) is 2.